The SMILES string of the molecule is COc1cc(NC(=NC2CCCC2)NN)cc(OC)c1. The number of ether oxygens (including phenoxy) is 2. The summed E-state index contributed by atoms with van der Waals surface area (Å²) in [6.07, 6.45) is 4.71. The zero-order valence-corrected chi connectivity index (χ0v) is 12.0. The van der Waals surface area contributed by atoms with E-state index in [1.807, 2.05) is 18.2 Å². The number of hydrogen-bond donors (Lipinski definition) is 3. The van der Waals surface area contributed by atoms with E-state index < -0.39 is 0 Å². The molecular weight excluding hydrogens is 256 g/mol. The average Bonchev–Trinajstić information content (AvgIpc) is 2.99. The first-order valence-electron chi connectivity index (χ1n) is 6.79. The first kappa shape index (κ1) is 14.5. The first-order valence-corrected chi connectivity index (χ1v) is 6.79. The summed E-state index contributed by atoms with van der Waals surface area (Å²) in [5.74, 6) is 7.52. The van der Waals surface area contributed by atoms with Crippen LogP contribution in [0.25, 0.3) is 0 Å². The fourth-order valence-electron chi connectivity index (χ4n) is 2.34. The van der Waals surface area contributed by atoms with Crippen molar-refractivity contribution in [2.45, 2.75) is 31.7 Å². The molecule has 1 aromatic carbocycles. The van der Waals surface area contributed by atoms with Crippen LogP contribution < -0.4 is 26.1 Å². The number of nitrogens with one attached hydrogen (secondary N) is 2. The molecule has 0 aliphatic heterocycles. The number of rotatable bonds is 4. The molecule has 1 aromatic rings. The van der Waals surface area contributed by atoms with Crippen molar-refractivity contribution < 1.29 is 9.47 Å². The molecule has 0 spiro atoms. The second-order valence-corrected chi connectivity index (χ2v) is 4.79. The number of nitrogens with zero attached hydrogens (tertiary/aromatic N) is 1. The minimum atomic E-state index is 0.348. The molecule has 4 N–H and O–H groups in total. The van der Waals surface area contributed by atoms with Gasteiger partial charge in [-0.05, 0) is 12.8 Å². The van der Waals surface area contributed by atoms with Crippen LogP contribution in [0.2, 0.25) is 0 Å². The molecule has 0 radical (unpaired) electrons. The molecule has 110 valence electrons. The Labute approximate surface area is 119 Å². The summed E-state index contributed by atoms with van der Waals surface area (Å²) in [6.45, 7) is 0. The Bertz CT molecular complexity index is 448. The zero-order valence-electron chi connectivity index (χ0n) is 12.0. The topological polar surface area (TPSA) is 80.9 Å². The Hall–Kier alpha value is -1.95. The molecule has 0 aromatic heterocycles. The predicted octanol–water partition coefficient (Wildman–Crippen LogP) is 1.88. The van der Waals surface area contributed by atoms with Gasteiger partial charge in [0.1, 0.15) is 11.5 Å². The summed E-state index contributed by atoms with van der Waals surface area (Å²) in [5, 5.41) is 3.16. The molecule has 0 amide bonds. The number of hydrogen-bond acceptors (Lipinski definition) is 4. The highest BCUT2D eigenvalue weighted by molar-refractivity contribution is 5.93. The minimum Gasteiger partial charge on any atom is -0.497 e. The number of aliphatic imine (C=N–C) groups is 1. The Morgan fingerprint density at radius 1 is 1.15 bits per heavy atom. The van der Waals surface area contributed by atoms with E-state index in [1.54, 1.807) is 14.2 Å². The molecule has 0 saturated heterocycles. The summed E-state index contributed by atoms with van der Waals surface area (Å²) in [7, 11) is 3.24. The molecule has 1 aliphatic rings. The molecule has 6 nitrogen and oxygen atoms in total. The van der Waals surface area contributed by atoms with Gasteiger partial charge in [0.05, 0.1) is 20.3 Å². The van der Waals surface area contributed by atoms with Gasteiger partial charge in [0.25, 0.3) is 0 Å². The van der Waals surface area contributed by atoms with Gasteiger partial charge in [-0.2, -0.15) is 0 Å². The third-order valence-corrected chi connectivity index (χ3v) is 3.39. The van der Waals surface area contributed by atoms with E-state index in [0.29, 0.717) is 23.5 Å². The summed E-state index contributed by atoms with van der Waals surface area (Å²) in [5.41, 5.74) is 3.43. The van der Waals surface area contributed by atoms with E-state index in [4.69, 9.17) is 15.3 Å². The number of benzene rings is 1. The van der Waals surface area contributed by atoms with E-state index in [0.717, 1.165) is 18.5 Å². The molecule has 1 aliphatic carbocycles. The van der Waals surface area contributed by atoms with Crippen molar-refractivity contribution in [2.75, 3.05) is 19.5 Å². The van der Waals surface area contributed by atoms with Crippen LogP contribution >= 0.6 is 0 Å². The van der Waals surface area contributed by atoms with Crippen molar-refractivity contribution in [1.29, 1.82) is 0 Å². The zero-order chi connectivity index (χ0) is 14.4. The van der Waals surface area contributed by atoms with Crippen molar-refractivity contribution in [1.82, 2.24) is 5.43 Å². The maximum absolute atomic E-state index is 5.53. The van der Waals surface area contributed by atoms with Gasteiger partial charge in [-0.25, -0.2) is 10.8 Å². The van der Waals surface area contributed by atoms with Crippen LogP contribution in [0.15, 0.2) is 23.2 Å². The van der Waals surface area contributed by atoms with Crippen LogP contribution in [0.4, 0.5) is 5.69 Å². The van der Waals surface area contributed by atoms with Crippen molar-refractivity contribution >= 4 is 11.6 Å². The van der Waals surface area contributed by atoms with Crippen molar-refractivity contribution in [2.24, 2.45) is 10.8 Å². The van der Waals surface area contributed by atoms with Crippen LogP contribution in [0.3, 0.4) is 0 Å². The number of guanidine groups is 1. The number of hydrazine groups is 1. The molecule has 0 unspecified atom stereocenters. The Morgan fingerprint density at radius 2 is 1.75 bits per heavy atom. The lowest BCUT2D eigenvalue weighted by atomic mass is 10.2. The summed E-state index contributed by atoms with van der Waals surface area (Å²) >= 11 is 0. The molecule has 2 rings (SSSR count). The van der Waals surface area contributed by atoms with E-state index in [-0.39, 0.29) is 0 Å². The maximum Gasteiger partial charge on any atom is 0.210 e. The van der Waals surface area contributed by atoms with E-state index in [1.165, 1.54) is 12.8 Å². The second-order valence-electron chi connectivity index (χ2n) is 4.79. The molecule has 1 fully saturated rings. The van der Waals surface area contributed by atoms with Crippen LogP contribution in [0, 0.1) is 0 Å². The van der Waals surface area contributed by atoms with Gasteiger partial charge in [-0.1, -0.05) is 12.8 Å². The molecule has 1 saturated carbocycles. The Kier molecular flexibility index (Phi) is 5.06. The third-order valence-electron chi connectivity index (χ3n) is 3.39. The quantitative estimate of drug-likeness (QED) is 0.339. The highest BCUT2D eigenvalue weighted by Crippen LogP contribution is 2.26. The first-order chi connectivity index (χ1) is 9.75. The van der Waals surface area contributed by atoms with Crippen LogP contribution in [0.1, 0.15) is 25.7 Å². The van der Waals surface area contributed by atoms with Gasteiger partial charge in [0.15, 0.2) is 0 Å². The molecule has 0 heterocycles. The maximum atomic E-state index is 5.53. The molecule has 20 heavy (non-hydrogen) atoms. The Balaban J connectivity index is 2.13. The number of nitrogens with two attached hydrogens (primary N) is 1. The lowest BCUT2D eigenvalue weighted by Gasteiger charge is -2.13. The normalized spacial score (nSPS) is 16.1. The summed E-state index contributed by atoms with van der Waals surface area (Å²) < 4.78 is 10.5. The fraction of sp³-hybridized carbons (Fsp3) is 0.500. The fourth-order valence-corrected chi connectivity index (χ4v) is 2.34. The predicted molar refractivity (Wildman–Crippen MR) is 80.2 cm³/mol. The molecule has 0 atom stereocenters. The molecular formula is C14H22N4O2. The summed E-state index contributed by atoms with van der Waals surface area (Å²) in [6, 6.07) is 5.89. The van der Waals surface area contributed by atoms with Gasteiger partial charge < -0.3 is 14.8 Å². The van der Waals surface area contributed by atoms with E-state index >= 15 is 0 Å². The van der Waals surface area contributed by atoms with E-state index in [2.05, 4.69) is 15.7 Å². The van der Waals surface area contributed by atoms with Gasteiger partial charge in [-0.15, -0.1) is 0 Å². The van der Waals surface area contributed by atoms with Crippen molar-refractivity contribution in [3.8, 4) is 11.5 Å². The minimum absolute atomic E-state index is 0.348. The van der Waals surface area contributed by atoms with Gasteiger partial charge in [0, 0.05) is 23.9 Å². The Morgan fingerprint density at radius 3 is 2.25 bits per heavy atom. The smallest absolute Gasteiger partial charge is 0.210 e. The standard InChI is InChI=1S/C14H22N4O2/c1-19-12-7-11(8-13(9-12)20-2)17-14(18-15)16-10-5-3-4-6-10/h7-10H,3-6,15H2,1-2H3,(H2,16,17,18). The van der Waals surface area contributed by atoms with Crippen LogP contribution in [-0.2, 0) is 0 Å². The molecule has 6 heteroatoms. The van der Waals surface area contributed by atoms with E-state index in [9.17, 15) is 0 Å². The van der Waals surface area contributed by atoms with Gasteiger partial charge >= 0.3 is 0 Å². The van der Waals surface area contributed by atoms with Crippen molar-refractivity contribution in [3.63, 3.8) is 0 Å². The van der Waals surface area contributed by atoms with Crippen LogP contribution in [-0.4, -0.2) is 26.2 Å². The number of methoxy groups -OCH3 is 2. The molecule has 0 bridgehead atoms. The lowest BCUT2D eigenvalue weighted by molar-refractivity contribution is 0.395. The monoisotopic (exact) mass is 278 g/mol. The second kappa shape index (κ2) is 7.00. The largest absolute Gasteiger partial charge is 0.497 e. The van der Waals surface area contributed by atoms with Crippen molar-refractivity contribution in [3.05, 3.63) is 18.2 Å². The summed E-state index contributed by atoms with van der Waals surface area (Å²) in [4.78, 5) is 4.59. The van der Waals surface area contributed by atoms with Gasteiger partial charge in [-0.3, -0.25) is 5.43 Å². The highest BCUT2D eigenvalue weighted by Gasteiger charge is 2.14. The highest BCUT2D eigenvalue weighted by atomic mass is 16.5. The van der Waals surface area contributed by atoms with Gasteiger partial charge in [0.2, 0.25) is 5.96 Å². The average molecular weight is 278 g/mol. The lowest BCUT2D eigenvalue weighted by Crippen LogP contribution is -2.37. The third kappa shape index (κ3) is 3.77. The van der Waals surface area contributed by atoms with Crippen LogP contribution in [0.5, 0.6) is 11.5 Å². The number of anilines is 1.